The van der Waals surface area contributed by atoms with E-state index in [0.717, 1.165) is 16.9 Å². The molecule has 134 valence electrons. The largest absolute Gasteiger partial charge is 0.455 e. The lowest BCUT2D eigenvalue weighted by atomic mass is 10.1. The van der Waals surface area contributed by atoms with Gasteiger partial charge >= 0.3 is 0 Å². The molecule has 5 heteroatoms. The highest BCUT2D eigenvalue weighted by molar-refractivity contribution is 7.84. The first-order chi connectivity index (χ1) is 12.6. The molecule has 2 aromatic carbocycles. The molecule has 1 heterocycles. The number of carbonyl (C=O) groups is 1. The van der Waals surface area contributed by atoms with Crippen LogP contribution in [0.15, 0.2) is 76.0 Å². The van der Waals surface area contributed by atoms with Gasteiger partial charge in [0.25, 0.3) is 5.91 Å². The maximum Gasteiger partial charge on any atom is 0.287 e. The Morgan fingerprint density at radius 1 is 1.04 bits per heavy atom. The maximum atomic E-state index is 12.4. The Labute approximate surface area is 155 Å². The van der Waals surface area contributed by atoms with Crippen LogP contribution in [0.1, 0.15) is 27.4 Å². The van der Waals surface area contributed by atoms with Crippen molar-refractivity contribution in [2.75, 3.05) is 6.54 Å². The molecule has 1 atom stereocenters. The van der Waals surface area contributed by atoms with Gasteiger partial charge in [-0.3, -0.25) is 9.00 Å². The van der Waals surface area contributed by atoms with E-state index >= 15 is 0 Å². The Hall–Kier alpha value is -2.66. The summed E-state index contributed by atoms with van der Waals surface area (Å²) in [6, 6.07) is 20.9. The monoisotopic (exact) mass is 367 g/mol. The van der Waals surface area contributed by atoms with Crippen LogP contribution in [0.4, 0.5) is 0 Å². The Morgan fingerprint density at radius 2 is 1.85 bits per heavy atom. The molecule has 1 N–H and O–H groups in total. The van der Waals surface area contributed by atoms with Crippen molar-refractivity contribution in [3.05, 3.63) is 89.4 Å². The number of hydrogen-bond donors (Lipinski definition) is 1. The highest BCUT2D eigenvalue weighted by Gasteiger charge is 2.13. The third-order valence-electron chi connectivity index (χ3n) is 3.95. The fourth-order valence-corrected chi connectivity index (χ4v) is 3.73. The summed E-state index contributed by atoms with van der Waals surface area (Å²) < 4.78 is 18.0. The van der Waals surface area contributed by atoms with E-state index in [9.17, 15) is 9.00 Å². The van der Waals surface area contributed by atoms with Crippen LogP contribution in [-0.2, 0) is 23.0 Å². The highest BCUT2D eigenvalue weighted by Crippen LogP contribution is 2.16. The van der Waals surface area contributed by atoms with Gasteiger partial charge in [0, 0.05) is 11.4 Å². The molecule has 1 aromatic heterocycles. The number of hydrogen-bond acceptors (Lipinski definition) is 3. The SMILES string of the molecule is Cc1cccc(S(=O)Cc2ccc(C(=O)NCCc3ccccc3)o2)c1. The second-order valence-corrected chi connectivity index (χ2v) is 7.51. The molecule has 0 fully saturated rings. The smallest absolute Gasteiger partial charge is 0.287 e. The fourth-order valence-electron chi connectivity index (χ4n) is 2.60. The predicted molar refractivity (Wildman–Crippen MR) is 102 cm³/mol. The van der Waals surface area contributed by atoms with E-state index in [2.05, 4.69) is 5.32 Å². The zero-order valence-corrected chi connectivity index (χ0v) is 15.4. The minimum absolute atomic E-state index is 0.245. The first kappa shape index (κ1) is 18.1. The second-order valence-electron chi connectivity index (χ2n) is 6.06. The van der Waals surface area contributed by atoms with Crippen molar-refractivity contribution >= 4 is 16.7 Å². The van der Waals surface area contributed by atoms with Gasteiger partial charge in [0.1, 0.15) is 5.76 Å². The number of nitrogens with one attached hydrogen (secondary N) is 1. The first-order valence-corrected chi connectivity index (χ1v) is 9.79. The Balaban J connectivity index is 1.53. The number of carbonyl (C=O) groups excluding carboxylic acids is 1. The Bertz CT molecular complexity index is 902. The first-order valence-electron chi connectivity index (χ1n) is 8.48. The molecular weight excluding hydrogens is 346 g/mol. The Kier molecular flexibility index (Phi) is 6.02. The van der Waals surface area contributed by atoms with E-state index in [1.807, 2.05) is 61.5 Å². The van der Waals surface area contributed by atoms with E-state index in [1.54, 1.807) is 12.1 Å². The normalized spacial score (nSPS) is 11.9. The van der Waals surface area contributed by atoms with Crippen molar-refractivity contribution in [2.24, 2.45) is 0 Å². The van der Waals surface area contributed by atoms with Crippen LogP contribution in [0.2, 0.25) is 0 Å². The minimum Gasteiger partial charge on any atom is -0.455 e. The van der Waals surface area contributed by atoms with Gasteiger partial charge in [0.15, 0.2) is 5.76 Å². The van der Waals surface area contributed by atoms with Crippen LogP contribution >= 0.6 is 0 Å². The molecule has 0 aliphatic heterocycles. The number of rotatable bonds is 7. The van der Waals surface area contributed by atoms with Crippen molar-refractivity contribution in [1.29, 1.82) is 0 Å². The van der Waals surface area contributed by atoms with E-state index in [0.29, 0.717) is 12.3 Å². The molecule has 0 aliphatic carbocycles. The molecule has 1 unspecified atom stereocenters. The van der Waals surface area contributed by atoms with Crippen LogP contribution in [0.25, 0.3) is 0 Å². The van der Waals surface area contributed by atoms with Gasteiger partial charge in [-0.1, -0.05) is 42.5 Å². The van der Waals surface area contributed by atoms with Gasteiger partial charge in [-0.2, -0.15) is 0 Å². The molecule has 0 saturated carbocycles. The average molecular weight is 367 g/mol. The summed E-state index contributed by atoms with van der Waals surface area (Å²) in [6.07, 6.45) is 0.761. The summed E-state index contributed by atoms with van der Waals surface area (Å²) in [6.45, 7) is 2.50. The lowest BCUT2D eigenvalue weighted by molar-refractivity contribution is 0.0925. The zero-order chi connectivity index (χ0) is 18.4. The van der Waals surface area contributed by atoms with Crippen LogP contribution in [-0.4, -0.2) is 16.7 Å². The second kappa shape index (κ2) is 8.63. The van der Waals surface area contributed by atoms with Gasteiger partial charge in [-0.05, 0) is 48.7 Å². The molecule has 26 heavy (non-hydrogen) atoms. The quantitative estimate of drug-likeness (QED) is 0.690. The molecule has 3 aromatic rings. The summed E-state index contributed by atoms with van der Waals surface area (Å²) in [5.74, 6) is 0.779. The van der Waals surface area contributed by atoms with Crippen molar-refractivity contribution < 1.29 is 13.4 Å². The summed E-state index contributed by atoms with van der Waals surface area (Å²) in [5, 5.41) is 2.84. The standard InChI is InChI=1S/C21H21NO3S/c1-16-6-5-9-19(14-16)26(24)15-18-10-11-20(25-18)21(23)22-13-12-17-7-3-2-4-8-17/h2-11,14H,12-13,15H2,1H3,(H,22,23). The highest BCUT2D eigenvalue weighted by atomic mass is 32.2. The molecule has 0 radical (unpaired) electrons. The number of benzene rings is 2. The molecule has 0 saturated heterocycles. The number of aryl methyl sites for hydroxylation is 1. The molecule has 3 rings (SSSR count). The molecular formula is C21H21NO3S. The molecule has 0 spiro atoms. The summed E-state index contributed by atoms with van der Waals surface area (Å²) >= 11 is 0. The lowest BCUT2D eigenvalue weighted by Crippen LogP contribution is -2.25. The zero-order valence-electron chi connectivity index (χ0n) is 14.6. The van der Waals surface area contributed by atoms with Crippen LogP contribution in [0, 0.1) is 6.92 Å². The Morgan fingerprint density at radius 3 is 2.62 bits per heavy atom. The van der Waals surface area contributed by atoms with Crippen molar-refractivity contribution in [1.82, 2.24) is 5.32 Å². The molecule has 1 amide bonds. The number of amides is 1. The third kappa shape index (κ3) is 4.92. The number of furan rings is 1. The van der Waals surface area contributed by atoms with Gasteiger partial charge in [0.05, 0.1) is 16.6 Å². The summed E-state index contributed by atoms with van der Waals surface area (Å²) in [7, 11) is -1.20. The third-order valence-corrected chi connectivity index (χ3v) is 5.28. The van der Waals surface area contributed by atoms with Gasteiger partial charge in [0.2, 0.25) is 0 Å². The van der Waals surface area contributed by atoms with E-state index in [-0.39, 0.29) is 17.4 Å². The topological polar surface area (TPSA) is 59.3 Å². The van der Waals surface area contributed by atoms with Crippen molar-refractivity contribution in [3.63, 3.8) is 0 Å². The maximum absolute atomic E-state index is 12.4. The molecule has 0 aliphatic rings. The fraction of sp³-hybridized carbons (Fsp3) is 0.190. The van der Waals surface area contributed by atoms with Crippen LogP contribution in [0.3, 0.4) is 0 Å². The lowest BCUT2D eigenvalue weighted by Gasteiger charge is -2.04. The van der Waals surface area contributed by atoms with Crippen LogP contribution < -0.4 is 5.32 Å². The molecule has 0 bridgehead atoms. The average Bonchev–Trinajstić information content (AvgIpc) is 3.11. The minimum atomic E-state index is -1.20. The van der Waals surface area contributed by atoms with E-state index in [1.165, 1.54) is 5.56 Å². The van der Waals surface area contributed by atoms with Gasteiger partial charge < -0.3 is 9.73 Å². The summed E-state index contributed by atoms with van der Waals surface area (Å²) in [5.41, 5.74) is 2.23. The summed E-state index contributed by atoms with van der Waals surface area (Å²) in [4.78, 5) is 12.9. The van der Waals surface area contributed by atoms with E-state index in [4.69, 9.17) is 4.42 Å². The van der Waals surface area contributed by atoms with Gasteiger partial charge in [-0.25, -0.2) is 0 Å². The van der Waals surface area contributed by atoms with Crippen LogP contribution in [0.5, 0.6) is 0 Å². The predicted octanol–water partition coefficient (Wildman–Crippen LogP) is 3.87. The van der Waals surface area contributed by atoms with E-state index < -0.39 is 10.8 Å². The van der Waals surface area contributed by atoms with Crippen molar-refractivity contribution in [2.45, 2.75) is 24.0 Å². The van der Waals surface area contributed by atoms with Crippen molar-refractivity contribution in [3.8, 4) is 0 Å². The van der Waals surface area contributed by atoms with Gasteiger partial charge in [-0.15, -0.1) is 0 Å². The molecule has 4 nitrogen and oxygen atoms in total.